The number of carbonyl (C=O) groups is 3. The molecule has 1 aliphatic carbocycles. The number of hydrogen-bond acceptors (Lipinski definition) is 8. The minimum Gasteiger partial charge on any atom is -0.497 e. The molecular weight excluding hydrogens is 502 g/mol. The van der Waals surface area contributed by atoms with Crippen LogP contribution in [-0.4, -0.2) is 73.5 Å². The Kier molecular flexibility index (Phi) is 9.03. The number of aliphatic hydroxyl groups is 2. The Morgan fingerprint density at radius 2 is 1.73 bits per heavy atom. The molecule has 0 bridgehead atoms. The SMILES string of the molecule is COc1ccc(C[C@H](NC(=O)C2=C[C@@H](NC(=O)CS(=O)(=O)c3ccccc3)[C@@H](O)[C@H](O)C2)C(N)=O)cc1. The lowest BCUT2D eigenvalue weighted by atomic mass is 9.89. The van der Waals surface area contributed by atoms with Crippen molar-refractivity contribution < 1.29 is 37.8 Å². The van der Waals surface area contributed by atoms with Gasteiger partial charge in [0.2, 0.25) is 17.7 Å². The Morgan fingerprint density at radius 3 is 2.32 bits per heavy atom. The number of methoxy groups -OCH3 is 1. The first-order valence-corrected chi connectivity index (χ1v) is 13.0. The van der Waals surface area contributed by atoms with Crippen LogP contribution in [0.1, 0.15) is 12.0 Å². The van der Waals surface area contributed by atoms with E-state index in [1.165, 1.54) is 37.5 Å². The molecule has 2 aromatic rings. The van der Waals surface area contributed by atoms with Gasteiger partial charge in [0.05, 0.1) is 24.2 Å². The molecule has 0 fully saturated rings. The van der Waals surface area contributed by atoms with Crippen LogP contribution in [-0.2, 0) is 30.6 Å². The lowest BCUT2D eigenvalue weighted by Crippen LogP contribution is -2.53. The summed E-state index contributed by atoms with van der Waals surface area (Å²) < 4.78 is 30.0. The Labute approximate surface area is 214 Å². The summed E-state index contributed by atoms with van der Waals surface area (Å²) in [6.07, 6.45) is -1.83. The van der Waals surface area contributed by atoms with Crippen molar-refractivity contribution in [2.75, 3.05) is 12.9 Å². The third-order valence-corrected chi connectivity index (χ3v) is 7.49. The van der Waals surface area contributed by atoms with Crippen LogP contribution in [0.15, 0.2) is 71.1 Å². The maximum absolute atomic E-state index is 12.9. The van der Waals surface area contributed by atoms with Gasteiger partial charge in [0.15, 0.2) is 9.84 Å². The number of sulfone groups is 1. The van der Waals surface area contributed by atoms with Crippen LogP contribution in [0.4, 0.5) is 0 Å². The second-order valence-electron chi connectivity index (χ2n) is 8.60. The minimum atomic E-state index is -3.95. The summed E-state index contributed by atoms with van der Waals surface area (Å²) in [7, 11) is -2.43. The van der Waals surface area contributed by atoms with Crippen LogP contribution in [0.5, 0.6) is 5.75 Å². The van der Waals surface area contributed by atoms with Crippen molar-refractivity contribution in [3.63, 3.8) is 0 Å². The fourth-order valence-electron chi connectivity index (χ4n) is 3.85. The monoisotopic (exact) mass is 531 g/mol. The largest absolute Gasteiger partial charge is 0.497 e. The van der Waals surface area contributed by atoms with Crippen LogP contribution >= 0.6 is 0 Å². The molecule has 37 heavy (non-hydrogen) atoms. The van der Waals surface area contributed by atoms with Gasteiger partial charge >= 0.3 is 0 Å². The zero-order valence-corrected chi connectivity index (χ0v) is 20.9. The average molecular weight is 532 g/mol. The molecule has 12 heteroatoms. The van der Waals surface area contributed by atoms with Gasteiger partial charge < -0.3 is 31.3 Å². The highest BCUT2D eigenvalue weighted by Gasteiger charge is 2.35. The predicted octanol–water partition coefficient (Wildman–Crippen LogP) is -0.782. The van der Waals surface area contributed by atoms with Crippen LogP contribution < -0.4 is 21.1 Å². The highest BCUT2D eigenvalue weighted by Crippen LogP contribution is 2.21. The van der Waals surface area contributed by atoms with Gasteiger partial charge in [-0.15, -0.1) is 0 Å². The normalized spacial score (nSPS) is 20.3. The molecule has 198 valence electrons. The molecule has 3 amide bonds. The molecule has 0 heterocycles. The van der Waals surface area contributed by atoms with Gasteiger partial charge in [-0.3, -0.25) is 14.4 Å². The smallest absolute Gasteiger partial charge is 0.247 e. The summed E-state index contributed by atoms with van der Waals surface area (Å²) in [4.78, 5) is 37.3. The maximum atomic E-state index is 12.9. The first-order valence-electron chi connectivity index (χ1n) is 11.4. The Bertz CT molecular complexity index is 1260. The maximum Gasteiger partial charge on any atom is 0.247 e. The summed E-state index contributed by atoms with van der Waals surface area (Å²) in [5.41, 5.74) is 6.17. The molecule has 3 rings (SSSR count). The molecule has 0 aromatic heterocycles. The van der Waals surface area contributed by atoms with E-state index in [1.54, 1.807) is 30.3 Å². The second-order valence-corrected chi connectivity index (χ2v) is 10.6. The van der Waals surface area contributed by atoms with Crippen molar-refractivity contribution >= 4 is 27.6 Å². The van der Waals surface area contributed by atoms with E-state index in [1.807, 2.05) is 0 Å². The summed E-state index contributed by atoms with van der Waals surface area (Å²) >= 11 is 0. The quantitative estimate of drug-likeness (QED) is 0.264. The predicted molar refractivity (Wildman–Crippen MR) is 133 cm³/mol. The van der Waals surface area contributed by atoms with Crippen molar-refractivity contribution in [1.82, 2.24) is 10.6 Å². The summed E-state index contributed by atoms with van der Waals surface area (Å²) in [6, 6.07) is 11.9. The van der Waals surface area contributed by atoms with Gasteiger partial charge in [-0.05, 0) is 29.8 Å². The molecule has 2 aromatic carbocycles. The van der Waals surface area contributed by atoms with E-state index in [0.717, 1.165) is 0 Å². The van der Waals surface area contributed by atoms with E-state index in [9.17, 15) is 33.0 Å². The number of ether oxygens (including phenoxy) is 1. The zero-order chi connectivity index (χ0) is 27.2. The number of amides is 3. The van der Waals surface area contributed by atoms with E-state index in [-0.39, 0.29) is 23.3 Å². The summed E-state index contributed by atoms with van der Waals surface area (Å²) in [6.45, 7) is 0. The second kappa shape index (κ2) is 12.0. The van der Waals surface area contributed by atoms with Crippen LogP contribution in [0.25, 0.3) is 0 Å². The number of hydrogen-bond donors (Lipinski definition) is 5. The van der Waals surface area contributed by atoms with E-state index in [0.29, 0.717) is 11.3 Å². The number of primary amides is 1. The van der Waals surface area contributed by atoms with Gasteiger partial charge in [0, 0.05) is 18.4 Å². The van der Waals surface area contributed by atoms with E-state index in [2.05, 4.69) is 10.6 Å². The topological polar surface area (TPSA) is 185 Å². The molecule has 6 N–H and O–H groups in total. The molecule has 4 atom stereocenters. The standard InChI is InChI=1S/C25H29N3O8S/c1-36-17-9-7-15(8-10-17)11-20(24(26)32)28-25(33)16-12-19(23(31)21(29)13-16)27-22(30)14-37(34,35)18-5-3-2-4-6-18/h2-10,12,19-21,23,29,31H,11,13-14H2,1H3,(H2,26,32)(H,27,30)(H,28,33)/t19-,20+,21-,23-/m1/s1. The highest BCUT2D eigenvalue weighted by atomic mass is 32.2. The first kappa shape index (κ1) is 27.8. The van der Waals surface area contributed by atoms with Gasteiger partial charge in [0.1, 0.15) is 23.6 Å². The molecular formula is C25H29N3O8S. The number of benzene rings is 2. The van der Waals surface area contributed by atoms with Crippen molar-refractivity contribution in [3.05, 3.63) is 71.8 Å². The number of nitrogens with one attached hydrogen (secondary N) is 2. The molecule has 0 unspecified atom stereocenters. The van der Waals surface area contributed by atoms with E-state index < -0.39 is 57.6 Å². The third kappa shape index (κ3) is 7.38. The van der Waals surface area contributed by atoms with Crippen molar-refractivity contribution in [2.24, 2.45) is 5.73 Å². The van der Waals surface area contributed by atoms with Gasteiger partial charge in [-0.25, -0.2) is 8.42 Å². The Hall–Kier alpha value is -3.74. The molecule has 0 spiro atoms. The summed E-state index contributed by atoms with van der Waals surface area (Å²) in [5.74, 6) is -2.70. The molecule has 0 saturated carbocycles. The van der Waals surface area contributed by atoms with Crippen LogP contribution in [0.3, 0.4) is 0 Å². The fourth-order valence-corrected chi connectivity index (χ4v) is 5.01. The molecule has 0 radical (unpaired) electrons. The van der Waals surface area contributed by atoms with Gasteiger partial charge in [-0.2, -0.15) is 0 Å². The average Bonchev–Trinajstić information content (AvgIpc) is 2.86. The lowest BCUT2D eigenvalue weighted by molar-refractivity contribution is -0.126. The highest BCUT2D eigenvalue weighted by molar-refractivity contribution is 7.92. The summed E-state index contributed by atoms with van der Waals surface area (Å²) in [5, 5.41) is 25.5. The lowest BCUT2D eigenvalue weighted by Gasteiger charge is -2.31. The molecule has 1 aliphatic rings. The molecule has 11 nitrogen and oxygen atoms in total. The van der Waals surface area contributed by atoms with Gasteiger partial charge in [-0.1, -0.05) is 36.4 Å². The molecule has 0 saturated heterocycles. The fraction of sp³-hybridized carbons (Fsp3) is 0.320. The Morgan fingerprint density at radius 1 is 1.08 bits per heavy atom. The third-order valence-electron chi connectivity index (χ3n) is 5.86. The number of nitrogens with two attached hydrogens (primary N) is 1. The number of carbonyl (C=O) groups excluding carboxylic acids is 3. The van der Waals surface area contributed by atoms with Crippen molar-refractivity contribution in [3.8, 4) is 5.75 Å². The zero-order valence-electron chi connectivity index (χ0n) is 20.0. The number of rotatable bonds is 10. The van der Waals surface area contributed by atoms with Crippen molar-refractivity contribution in [2.45, 2.75) is 42.0 Å². The first-order chi connectivity index (χ1) is 17.5. The van der Waals surface area contributed by atoms with E-state index >= 15 is 0 Å². The van der Waals surface area contributed by atoms with Crippen LogP contribution in [0, 0.1) is 0 Å². The van der Waals surface area contributed by atoms with E-state index in [4.69, 9.17) is 10.5 Å². The van der Waals surface area contributed by atoms with Crippen molar-refractivity contribution in [1.29, 1.82) is 0 Å². The molecule has 0 aliphatic heterocycles. The van der Waals surface area contributed by atoms with Gasteiger partial charge in [0.25, 0.3) is 0 Å². The minimum absolute atomic E-state index is 0.00463. The number of aliphatic hydroxyl groups excluding tert-OH is 2. The Balaban J connectivity index is 1.70. The van der Waals surface area contributed by atoms with Crippen LogP contribution in [0.2, 0.25) is 0 Å².